The fourth-order valence-corrected chi connectivity index (χ4v) is 4.94. The number of rotatable bonds is 0. The Kier molecular flexibility index (Phi) is 2.40. The van der Waals surface area contributed by atoms with E-state index in [0.717, 1.165) is 18.5 Å². The van der Waals surface area contributed by atoms with Gasteiger partial charge in [0.2, 0.25) is 5.91 Å². The van der Waals surface area contributed by atoms with Crippen LogP contribution in [0.5, 0.6) is 0 Å². The van der Waals surface area contributed by atoms with Gasteiger partial charge in [0.25, 0.3) is 0 Å². The van der Waals surface area contributed by atoms with Crippen molar-refractivity contribution in [2.75, 3.05) is 13.1 Å². The van der Waals surface area contributed by atoms with E-state index in [2.05, 4.69) is 11.0 Å². The first kappa shape index (κ1) is 12.2. The van der Waals surface area contributed by atoms with Gasteiger partial charge >= 0.3 is 0 Å². The molecule has 0 unspecified atom stereocenters. The second kappa shape index (κ2) is 4.11. The Morgan fingerprint density at radius 2 is 2.14 bits per heavy atom. The number of piperidine rings is 1. The minimum absolute atomic E-state index is 0.258. The number of benzene rings is 1. The Bertz CT molecular complexity index is 779. The molecule has 0 bridgehead atoms. The van der Waals surface area contributed by atoms with Crippen LogP contribution in [0.3, 0.4) is 0 Å². The Labute approximate surface area is 128 Å². The lowest BCUT2D eigenvalue weighted by Crippen LogP contribution is -2.47. The van der Waals surface area contributed by atoms with Gasteiger partial charge < -0.3 is 0 Å². The lowest BCUT2D eigenvalue weighted by molar-refractivity contribution is 0.0478. The van der Waals surface area contributed by atoms with Crippen LogP contribution in [-0.4, -0.2) is 28.5 Å². The highest BCUT2D eigenvalue weighted by atomic mass is 35.5. The first-order chi connectivity index (χ1) is 10.2. The summed E-state index contributed by atoms with van der Waals surface area (Å²) in [5.41, 5.74) is 3.69. The van der Waals surface area contributed by atoms with Gasteiger partial charge in [0.1, 0.15) is 0 Å². The molecule has 21 heavy (non-hydrogen) atoms. The molecule has 1 saturated heterocycles. The van der Waals surface area contributed by atoms with Crippen molar-refractivity contribution in [1.29, 1.82) is 0 Å². The van der Waals surface area contributed by atoms with Crippen molar-refractivity contribution < 1.29 is 4.79 Å². The van der Waals surface area contributed by atoms with E-state index in [1.54, 1.807) is 0 Å². The molecule has 0 aliphatic carbocycles. The average molecular weight is 301 g/mol. The van der Waals surface area contributed by atoms with E-state index >= 15 is 0 Å². The number of aromatic nitrogens is 1. The normalized spacial score (nSPS) is 28.0. The summed E-state index contributed by atoms with van der Waals surface area (Å²) in [6.45, 7) is 2.31. The number of hydrogen-bond donors (Lipinski definition) is 0. The molecule has 1 fully saturated rings. The molecule has 0 spiro atoms. The van der Waals surface area contributed by atoms with Crippen LogP contribution in [0.25, 0.3) is 10.9 Å². The van der Waals surface area contributed by atoms with Crippen LogP contribution in [-0.2, 0) is 6.42 Å². The molecule has 0 N–H and O–H groups in total. The fraction of sp³-hybridized carbons (Fsp3) is 0.471. The molecule has 5 rings (SSSR count). The highest BCUT2D eigenvalue weighted by molar-refractivity contribution is 6.31. The molecule has 3 nitrogen and oxygen atoms in total. The summed E-state index contributed by atoms with van der Waals surface area (Å²) in [7, 11) is 0. The third-order valence-corrected chi connectivity index (χ3v) is 5.79. The molecule has 0 saturated carbocycles. The zero-order valence-electron chi connectivity index (χ0n) is 11.8. The molecule has 1 aromatic carbocycles. The molecule has 2 atom stereocenters. The molecular formula is C17H17ClN2O. The van der Waals surface area contributed by atoms with E-state index in [4.69, 9.17) is 11.6 Å². The maximum atomic E-state index is 12.7. The van der Waals surface area contributed by atoms with Crippen LogP contribution >= 0.6 is 11.6 Å². The Morgan fingerprint density at radius 3 is 3.05 bits per heavy atom. The van der Waals surface area contributed by atoms with Crippen molar-refractivity contribution in [3.8, 4) is 0 Å². The Morgan fingerprint density at radius 1 is 1.24 bits per heavy atom. The number of carbonyl (C=O) groups excluding carboxylic acids is 1. The minimum atomic E-state index is 0.258. The molecule has 2 aromatic rings. The van der Waals surface area contributed by atoms with E-state index in [0.29, 0.717) is 23.4 Å². The molecule has 108 valence electrons. The third-order valence-electron chi connectivity index (χ3n) is 5.55. The number of carbonyl (C=O) groups is 1. The highest BCUT2D eigenvalue weighted by Gasteiger charge is 2.44. The summed E-state index contributed by atoms with van der Waals surface area (Å²) in [6.07, 6.45) is 4.16. The van der Waals surface area contributed by atoms with Gasteiger partial charge in [-0.05, 0) is 49.4 Å². The minimum Gasteiger partial charge on any atom is -0.294 e. The van der Waals surface area contributed by atoms with Crippen LogP contribution in [0.2, 0.25) is 5.02 Å². The average Bonchev–Trinajstić information content (AvgIpc) is 2.81. The molecule has 1 aromatic heterocycles. The van der Waals surface area contributed by atoms with Crippen molar-refractivity contribution in [2.24, 2.45) is 5.92 Å². The SMILES string of the molecule is O=C1C[C@@H]2CCCN3CCc4c(n1c1cc(Cl)ccc41)[C@@H]23. The molecule has 0 amide bonds. The Balaban J connectivity index is 1.87. The fourth-order valence-electron chi connectivity index (χ4n) is 4.77. The van der Waals surface area contributed by atoms with Gasteiger partial charge in [-0.25, -0.2) is 0 Å². The molecule has 4 heterocycles. The maximum absolute atomic E-state index is 12.7. The monoisotopic (exact) mass is 300 g/mol. The summed E-state index contributed by atoms with van der Waals surface area (Å²) < 4.78 is 1.98. The van der Waals surface area contributed by atoms with Crippen molar-refractivity contribution in [3.63, 3.8) is 0 Å². The number of nitrogens with zero attached hydrogens (tertiary/aromatic N) is 2. The van der Waals surface area contributed by atoms with Gasteiger partial charge in [-0.2, -0.15) is 0 Å². The van der Waals surface area contributed by atoms with Crippen LogP contribution in [0.1, 0.15) is 41.4 Å². The summed E-state index contributed by atoms with van der Waals surface area (Å²) in [4.78, 5) is 15.3. The van der Waals surface area contributed by atoms with Gasteiger partial charge in [-0.3, -0.25) is 14.3 Å². The van der Waals surface area contributed by atoms with E-state index in [9.17, 15) is 4.79 Å². The molecular weight excluding hydrogens is 284 g/mol. The quantitative estimate of drug-likeness (QED) is 0.742. The third kappa shape index (κ3) is 1.51. The number of fused-ring (bicyclic) bond motifs is 3. The molecule has 4 heteroatoms. The molecule has 3 aliphatic heterocycles. The smallest absolute Gasteiger partial charge is 0.231 e. The van der Waals surface area contributed by atoms with Gasteiger partial charge in [0.05, 0.1) is 11.6 Å². The lowest BCUT2D eigenvalue weighted by atomic mass is 9.79. The van der Waals surface area contributed by atoms with Crippen LogP contribution in [0, 0.1) is 5.92 Å². The van der Waals surface area contributed by atoms with Crippen molar-refractivity contribution >= 4 is 28.4 Å². The summed E-state index contributed by atoms with van der Waals surface area (Å²) in [6, 6.07) is 6.45. The van der Waals surface area contributed by atoms with Crippen molar-refractivity contribution in [3.05, 3.63) is 34.5 Å². The summed E-state index contributed by atoms with van der Waals surface area (Å²) in [5, 5.41) is 1.94. The zero-order valence-corrected chi connectivity index (χ0v) is 12.6. The predicted molar refractivity (Wildman–Crippen MR) is 82.9 cm³/mol. The first-order valence-electron chi connectivity index (χ1n) is 7.84. The molecule has 3 aliphatic rings. The van der Waals surface area contributed by atoms with Crippen LogP contribution in [0.4, 0.5) is 0 Å². The number of hydrogen-bond acceptors (Lipinski definition) is 2. The van der Waals surface area contributed by atoms with E-state index in [1.165, 1.54) is 36.0 Å². The standard InChI is InChI=1S/C17H17ClN2O/c18-11-3-4-12-13-5-7-19-6-1-2-10-8-15(21)20(14(12)9-11)17(13)16(10)19/h3-4,9-10,16H,1-2,5-8H2/t10-,16+/m0/s1. The molecule has 0 radical (unpaired) electrons. The number of halogens is 1. The second-order valence-corrected chi connectivity index (χ2v) is 7.03. The van der Waals surface area contributed by atoms with Crippen molar-refractivity contribution in [1.82, 2.24) is 9.47 Å². The van der Waals surface area contributed by atoms with Crippen LogP contribution in [0.15, 0.2) is 18.2 Å². The largest absolute Gasteiger partial charge is 0.294 e. The zero-order chi connectivity index (χ0) is 14.1. The van der Waals surface area contributed by atoms with Gasteiger partial charge in [-0.1, -0.05) is 17.7 Å². The van der Waals surface area contributed by atoms with Gasteiger partial charge in [0, 0.05) is 29.1 Å². The maximum Gasteiger partial charge on any atom is 0.231 e. The highest BCUT2D eigenvalue weighted by Crippen LogP contribution is 2.48. The Hall–Kier alpha value is -1.32. The van der Waals surface area contributed by atoms with E-state index in [-0.39, 0.29) is 5.91 Å². The van der Waals surface area contributed by atoms with Gasteiger partial charge in [0.15, 0.2) is 0 Å². The topological polar surface area (TPSA) is 25.2 Å². The first-order valence-corrected chi connectivity index (χ1v) is 8.22. The lowest BCUT2D eigenvalue weighted by Gasteiger charge is -2.46. The second-order valence-electron chi connectivity index (χ2n) is 6.59. The van der Waals surface area contributed by atoms with Crippen LogP contribution < -0.4 is 0 Å². The van der Waals surface area contributed by atoms with E-state index < -0.39 is 0 Å². The summed E-state index contributed by atoms with van der Waals surface area (Å²) in [5.74, 6) is 0.770. The van der Waals surface area contributed by atoms with Gasteiger partial charge in [-0.15, -0.1) is 0 Å². The summed E-state index contributed by atoms with van der Waals surface area (Å²) >= 11 is 6.17. The van der Waals surface area contributed by atoms with Crippen molar-refractivity contribution in [2.45, 2.75) is 31.7 Å². The predicted octanol–water partition coefficient (Wildman–Crippen LogP) is 3.65. The van der Waals surface area contributed by atoms with E-state index in [1.807, 2.05) is 16.7 Å².